The predicted molar refractivity (Wildman–Crippen MR) is 63.7 cm³/mol. The minimum atomic E-state index is -0.239. The molecule has 0 heterocycles. The van der Waals surface area contributed by atoms with Crippen molar-refractivity contribution in [1.82, 2.24) is 5.32 Å². The van der Waals surface area contributed by atoms with E-state index in [4.69, 9.17) is 9.84 Å². The van der Waals surface area contributed by atoms with E-state index in [2.05, 4.69) is 21.2 Å². The molecule has 0 saturated carbocycles. The minimum absolute atomic E-state index is 0.0371. The Kier molecular flexibility index (Phi) is 6.56. The van der Waals surface area contributed by atoms with E-state index >= 15 is 0 Å². The van der Waals surface area contributed by atoms with Crippen molar-refractivity contribution < 1.29 is 14.2 Å². The van der Waals surface area contributed by atoms with Gasteiger partial charge in [0.15, 0.2) is 0 Å². The Labute approximate surface area is 103 Å². The molecule has 3 nitrogen and oxygen atoms in total. The molecule has 0 aliphatic carbocycles. The maximum atomic E-state index is 12.9. The van der Waals surface area contributed by atoms with Gasteiger partial charge in [-0.05, 0) is 23.8 Å². The fraction of sp³-hybridized carbons (Fsp3) is 0.455. The van der Waals surface area contributed by atoms with E-state index in [1.54, 1.807) is 6.07 Å². The van der Waals surface area contributed by atoms with Crippen molar-refractivity contribution >= 4 is 15.9 Å². The Morgan fingerprint density at radius 2 is 2.19 bits per heavy atom. The van der Waals surface area contributed by atoms with Crippen LogP contribution in [0.15, 0.2) is 22.7 Å². The van der Waals surface area contributed by atoms with Gasteiger partial charge in [0.05, 0.1) is 19.8 Å². The first-order valence-corrected chi connectivity index (χ1v) is 5.86. The monoisotopic (exact) mass is 291 g/mol. The van der Waals surface area contributed by atoms with Crippen LogP contribution < -0.4 is 5.32 Å². The van der Waals surface area contributed by atoms with E-state index in [0.29, 0.717) is 26.3 Å². The van der Waals surface area contributed by atoms with Crippen molar-refractivity contribution in [2.45, 2.75) is 6.54 Å². The van der Waals surface area contributed by atoms with Gasteiger partial charge < -0.3 is 15.2 Å². The van der Waals surface area contributed by atoms with Crippen LogP contribution in [0.4, 0.5) is 4.39 Å². The van der Waals surface area contributed by atoms with Crippen molar-refractivity contribution in [2.24, 2.45) is 0 Å². The van der Waals surface area contributed by atoms with Gasteiger partial charge in [0.25, 0.3) is 0 Å². The highest BCUT2D eigenvalue weighted by Crippen LogP contribution is 2.17. The molecule has 1 aromatic rings. The highest BCUT2D eigenvalue weighted by atomic mass is 79.9. The SMILES string of the molecule is OCCOCCNCc1cc(F)ccc1Br. The fourth-order valence-electron chi connectivity index (χ4n) is 1.21. The summed E-state index contributed by atoms with van der Waals surface area (Å²) in [6.45, 7) is 2.18. The van der Waals surface area contributed by atoms with Crippen molar-refractivity contribution in [1.29, 1.82) is 0 Å². The molecule has 0 saturated heterocycles. The molecule has 0 aliphatic rings. The maximum absolute atomic E-state index is 12.9. The van der Waals surface area contributed by atoms with Gasteiger partial charge in [0.2, 0.25) is 0 Å². The summed E-state index contributed by atoms with van der Waals surface area (Å²) in [7, 11) is 0. The zero-order valence-electron chi connectivity index (χ0n) is 8.88. The quantitative estimate of drug-likeness (QED) is 0.751. The molecular weight excluding hydrogens is 277 g/mol. The van der Waals surface area contributed by atoms with Gasteiger partial charge in [-0.1, -0.05) is 15.9 Å². The summed E-state index contributed by atoms with van der Waals surface area (Å²) in [5.74, 6) is -0.239. The van der Waals surface area contributed by atoms with Crippen LogP contribution in [0, 0.1) is 5.82 Å². The Balaban J connectivity index is 2.23. The number of rotatable bonds is 7. The summed E-state index contributed by atoms with van der Waals surface area (Å²) in [6.07, 6.45) is 0. The number of nitrogens with one attached hydrogen (secondary N) is 1. The van der Waals surface area contributed by atoms with Crippen LogP contribution in [0.1, 0.15) is 5.56 Å². The van der Waals surface area contributed by atoms with Crippen LogP contribution >= 0.6 is 15.9 Å². The normalized spacial score (nSPS) is 10.7. The van der Waals surface area contributed by atoms with Crippen LogP contribution in [-0.4, -0.2) is 31.5 Å². The molecule has 1 rings (SSSR count). The van der Waals surface area contributed by atoms with Gasteiger partial charge in [-0.2, -0.15) is 0 Å². The minimum Gasteiger partial charge on any atom is -0.394 e. The van der Waals surface area contributed by atoms with E-state index < -0.39 is 0 Å². The topological polar surface area (TPSA) is 41.5 Å². The summed E-state index contributed by atoms with van der Waals surface area (Å²) in [5.41, 5.74) is 0.877. The van der Waals surface area contributed by atoms with E-state index in [1.807, 2.05) is 0 Å². The molecule has 5 heteroatoms. The molecule has 0 aliphatic heterocycles. The third-order valence-electron chi connectivity index (χ3n) is 1.98. The van der Waals surface area contributed by atoms with Crippen LogP contribution in [0.25, 0.3) is 0 Å². The standard InChI is InChI=1S/C11H15BrFNO2/c12-11-2-1-10(13)7-9(11)8-14-3-5-16-6-4-15/h1-2,7,14-15H,3-6,8H2. The Morgan fingerprint density at radius 3 is 2.94 bits per heavy atom. The zero-order valence-corrected chi connectivity index (χ0v) is 10.5. The molecule has 0 amide bonds. The third kappa shape index (κ3) is 5.03. The number of hydrogen-bond donors (Lipinski definition) is 2. The predicted octanol–water partition coefficient (Wildman–Crippen LogP) is 1.69. The first-order chi connectivity index (χ1) is 7.74. The van der Waals surface area contributed by atoms with Gasteiger partial charge in [0.1, 0.15) is 5.82 Å². The van der Waals surface area contributed by atoms with Gasteiger partial charge >= 0.3 is 0 Å². The molecule has 0 spiro atoms. The van der Waals surface area contributed by atoms with E-state index in [-0.39, 0.29) is 12.4 Å². The Morgan fingerprint density at radius 1 is 1.38 bits per heavy atom. The average molecular weight is 292 g/mol. The second-order valence-corrected chi connectivity index (χ2v) is 4.10. The average Bonchev–Trinajstić information content (AvgIpc) is 2.28. The highest BCUT2D eigenvalue weighted by molar-refractivity contribution is 9.10. The molecule has 16 heavy (non-hydrogen) atoms. The van der Waals surface area contributed by atoms with Gasteiger partial charge in [-0.15, -0.1) is 0 Å². The third-order valence-corrected chi connectivity index (χ3v) is 2.76. The second-order valence-electron chi connectivity index (χ2n) is 3.25. The highest BCUT2D eigenvalue weighted by Gasteiger charge is 2.00. The molecule has 0 atom stereocenters. The lowest BCUT2D eigenvalue weighted by molar-refractivity contribution is 0.0938. The van der Waals surface area contributed by atoms with E-state index in [1.165, 1.54) is 12.1 Å². The van der Waals surface area contributed by atoms with E-state index in [9.17, 15) is 4.39 Å². The summed E-state index contributed by atoms with van der Waals surface area (Å²) in [6, 6.07) is 4.60. The van der Waals surface area contributed by atoms with Crippen LogP contribution in [-0.2, 0) is 11.3 Å². The Bertz CT molecular complexity index is 323. The maximum Gasteiger partial charge on any atom is 0.123 e. The smallest absolute Gasteiger partial charge is 0.123 e. The lowest BCUT2D eigenvalue weighted by Crippen LogP contribution is -2.20. The molecule has 90 valence electrons. The molecule has 0 aromatic heterocycles. The first kappa shape index (κ1) is 13.6. The first-order valence-electron chi connectivity index (χ1n) is 5.07. The number of aliphatic hydroxyl groups excluding tert-OH is 1. The molecule has 0 bridgehead atoms. The molecule has 0 radical (unpaired) electrons. The second kappa shape index (κ2) is 7.73. The van der Waals surface area contributed by atoms with Crippen molar-refractivity contribution in [2.75, 3.05) is 26.4 Å². The van der Waals surface area contributed by atoms with Crippen LogP contribution in [0.3, 0.4) is 0 Å². The lowest BCUT2D eigenvalue weighted by Gasteiger charge is -2.07. The molecule has 0 unspecified atom stereocenters. The van der Waals surface area contributed by atoms with E-state index in [0.717, 1.165) is 10.0 Å². The summed E-state index contributed by atoms with van der Waals surface area (Å²) in [5, 5.41) is 11.6. The molecule has 2 N–H and O–H groups in total. The number of benzene rings is 1. The fourth-order valence-corrected chi connectivity index (χ4v) is 1.60. The molecule has 1 aromatic carbocycles. The largest absolute Gasteiger partial charge is 0.394 e. The van der Waals surface area contributed by atoms with Gasteiger partial charge in [-0.3, -0.25) is 0 Å². The van der Waals surface area contributed by atoms with Gasteiger partial charge in [0, 0.05) is 17.6 Å². The number of hydrogen-bond acceptors (Lipinski definition) is 3. The number of ether oxygens (including phenoxy) is 1. The van der Waals surface area contributed by atoms with Crippen LogP contribution in [0.5, 0.6) is 0 Å². The lowest BCUT2D eigenvalue weighted by atomic mass is 10.2. The Hall–Kier alpha value is -0.490. The summed E-state index contributed by atoms with van der Waals surface area (Å²) < 4.78 is 18.9. The van der Waals surface area contributed by atoms with Crippen molar-refractivity contribution in [3.63, 3.8) is 0 Å². The zero-order chi connectivity index (χ0) is 11.8. The van der Waals surface area contributed by atoms with Crippen LogP contribution in [0.2, 0.25) is 0 Å². The van der Waals surface area contributed by atoms with Crippen molar-refractivity contribution in [3.05, 3.63) is 34.1 Å². The number of halogens is 2. The molecular formula is C11H15BrFNO2. The van der Waals surface area contributed by atoms with Gasteiger partial charge in [-0.25, -0.2) is 4.39 Å². The van der Waals surface area contributed by atoms with Crippen molar-refractivity contribution in [3.8, 4) is 0 Å². The number of aliphatic hydroxyl groups is 1. The molecule has 0 fully saturated rings. The summed E-state index contributed by atoms with van der Waals surface area (Å²) in [4.78, 5) is 0. The summed E-state index contributed by atoms with van der Waals surface area (Å²) >= 11 is 3.35.